The van der Waals surface area contributed by atoms with Crippen LogP contribution in [0, 0.1) is 0 Å². The molecule has 1 amide bonds. The van der Waals surface area contributed by atoms with E-state index >= 15 is 0 Å². The molecular weight excluding hydrogens is 518 g/mol. The number of anilines is 1. The number of carbonyl (C=O) groups is 2. The van der Waals surface area contributed by atoms with Crippen molar-refractivity contribution in [2.45, 2.75) is 37.8 Å². The highest BCUT2D eigenvalue weighted by molar-refractivity contribution is 7.98. The quantitative estimate of drug-likeness (QED) is 0.401. The number of allylic oxidation sites excluding steroid dienone is 1. The van der Waals surface area contributed by atoms with Crippen molar-refractivity contribution in [3.8, 4) is 0 Å². The zero-order valence-electron chi connectivity index (χ0n) is 19.9. The first-order valence-electron chi connectivity index (χ1n) is 11.2. The molecule has 3 aromatic rings. The summed E-state index contributed by atoms with van der Waals surface area (Å²) in [7, 11) is 0. The SMILES string of the molecule is CSc1ccc([C@@H]2C(C(=O)OC(C)C)=C(C)N=c3s/c(=C4/C(=O)Nc5ccc(Cl)cc54)c(=O)n32)cc1. The van der Waals surface area contributed by atoms with Crippen molar-refractivity contribution in [1.29, 1.82) is 0 Å². The van der Waals surface area contributed by atoms with Gasteiger partial charge in [0.25, 0.3) is 11.5 Å². The maximum Gasteiger partial charge on any atom is 0.338 e. The van der Waals surface area contributed by atoms with Gasteiger partial charge in [-0.1, -0.05) is 35.1 Å². The average molecular weight is 540 g/mol. The molecule has 36 heavy (non-hydrogen) atoms. The molecule has 0 saturated heterocycles. The molecule has 2 aliphatic rings. The van der Waals surface area contributed by atoms with E-state index in [1.54, 1.807) is 50.7 Å². The van der Waals surface area contributed by atoms with E-state index < -0.39 is 17.6 Å². The van der Waals surface area contributed by atoms with Crippen LogP contribution in [-0.4, -0.2) is 28.8 Å². The third-order valence-corrected chi connectivity index (χ3v) is 7.98. The van der Waals surface area contributed by atoms with Gasteiger partial charge in [0.2, 0.25) is 0 Å². The minimum absolute atomic E-state index is 0.240. The highest BCUT2D eigenvalue weighted by atomic mass is 35.5. The van der Waals surface area contributed by atoms with E-state index in [1.807, 2.05) is 30.5 Å². The molecule has 0 spiro atoms. The lowest BCUT2D eigenvalue weighted by Crippen LogP contribution is -2.40. The molecule has 7 nitrogen and oxygen atoms in total. The van der Waals surface area contributed by atoms with Gasteiger partial charge in [0.05, 0.1) is 29.0 Å². The van der Waals surface area contributed by atoms with Crippen molar-refractivity contribution in [3.05, 3.63) is 89.6 Å². The monoisotopic (exact) mass is 539 g/mol. The van der Waals surface area contributed by atoms with E-state index in [0.717, 1.165) is 21.8 Å². The lowest BCUT2D eigenvalue weighted by Gasteiger charge is -2.25. The van der Waals surface area contributed by atoms with E-state index in [4.69, 9.17) is 16.3 Å². The van der Waals surface area contributed by atoms with Crippen LogP contribution in [0.25, 0.3) is 5.57 Å². The zero-order valence-corrected chi connectivity index (χ0v) is 22.3. The number of esters is 1. The number of nitrogens with one attached hydrogen (secondary N) is 1. The number of rotatable bonds is 4. The lowest BCUT2D eigenvalue weighted by atomic mass is 9.96. The number of thioether (sulfide) groups is 1. The Kier molecular flexibility index (Phi) is 6.40. The number of ether oxygens (including phenoxy) is 1. The summed E-state index contributed by atoms with van der Waals surface area (Å²) in [6.07, 6.45) is 1.64. The minimum Gasteiger partial charge on any atom is -0.459 e. The Labute approximate surface area is 220 Å². The number of hydrogen-bond donors (Lipinski definition) is 1. The van der Waals surface area contributed by atoms with Crippen LogP contribution < -0.4 is 20.2 Å². The molecule has 184 valence electrons. The Balaban J connectivity index is 1.80. The lowest BCUT2D eigenvalue weighted by molar-refractivity contribution is -0.143. The van der Waals surface area contributed by atoms with Crippen LogP contribution >= 0.6 is 34.7 Å². The maximum absolute atomic E-state index is 13.9. The second-order valence-corrected chi connectivity index (χ2v) is 10.9. The van der Waals surface area contributed by atoms with E-state index in [-0.39, 0.29) is 22.1 Å². The van der Waals surface area contributed by atoms with Gasteiger partial charge in [-0.25, -0.2) is 9.79 Å². The summed E-state index contributed by atoms with van der Waals surface area (Å²) in [6, 6.07) is 12.0. The van der Waals surface area contributed by atoms with E-state index in [2.05, 4.69) is 10.3 Å². The Hall–Kier alpha value is -3.14. The van der Waals surface area contributed by atoms with Crippen molar-refractivity contribution in [2.75, 3.05) is 11.6 Å². The molecule has 3 heterocycles. The number of nitrogens with zero attached hydrogens (tertiary/aromatic N) is 2. The molecule has 0 bridgehead atoms. The molecule has 1 N–H and O–H groups in total. The Bertz CT molecular complexity index is 1630. The zero-order chi connectivity index (χ0) is 25.7. The van der Waals surface area contributed by atoms with E-state index in [1.165, 1.54) is 4.57 Å². The Morgan fingerprint density at radius 1 is 1.19 bits per heavy atom. The van der Waals surface area contributed by atoms with Crippen molar-refractivity contribution >= 4 is 57.8 Å². The first kappa shape index (κ1) is 24.5. The highest BCUT2D eigenvalue weighted by Gasteiger charge is 2.35. The number of thiazole rings is 1. The van der Waals surface area contributed by atoms with Crippen LogP contribution in [-0.2, 0) is 14.3 Å². The van der Waals surface area contributed by atoms with Crippen LogP contribution in [0.1, 0.15) is 37.9 Å². The molecule has 10 heteroatoms. The van der Waals surface area contributed by atoms with Gasteiger partial charge in [-0.3, -0.25) is 14.2 Å². The van der Waals surface area contributed by atoms with Crippen LogP contribution in [0.3, 0.4) is 0 Å². The predicted molar refractivity (Wildman–Crippen MR) is 142 cm³/mol. The van der Waals surface area contributed by atoms with Crippen LogP contribution in [0.15, 0.2) is 68.4 Å². The molecule has 1 atom stereocenters. The molecule has 0 unspecified atom stereocenters. The fraction of sp³-hybridized carbons (Fsp3) is 0.231. The summed E-state index contributed by atoms with van der Waals surface area (Å²) < 4.78 is 7.27. The Morgan fingerprint density at radius 2 is 1.92 bits per heavy atom. The van der Waals surface area contributed by atoms with E-state index in [0.29, 0.717) is 32.3 Å². The number of carbonyl (C=O) groups excluding carboxylic acids is 2. The topological polar surface area (TPSA) is 89.8 Å². The predicted octanol–water partition coefficient (Wildman–Crippen LogP) is 3.88. The number of hydrogen-bond acceptors (Lipinski definition) is 7. The molecule has 0 fully saturated rings. The molecule has 2 aromatic carbocycles. The summed E-state index contributed by atoms with van der Waals surface area (Å²) >= 11 is 8.92. The third-order valence-electron chi connectivity index (χ3n) is 5.94. The first-order valence-corrected chi connectivity index (χ1v) is 13.6. The highest BCUT2D eigenvalue weighted by Crippen LogP contribution is 2.34. The van der Waals surface area contributed by atoms with Gasteiger partial charge >= 0.3 is 5.97 Å². The van der Waals surface area contributed by atoms with Gasteiger partial charge in [0, 0.05) is 21.2 Å². The summed E-state index contributed by atoms with van der Waals surface area (Å²) in [5.74, 6) is -0.910. The molecule has 5 rings (SSSR count). The number of amides is 1. The molecule has 2 aliphatic heterocycles. The molecule has 0 radical (unpaired) electrons. The van der Waals surface area contributed by atoms with Gasteiger partial charge in [0.15, 0.2) is 4.80 Å². The number of benzene rings is 2. The van der Waals surface area contributed by atoms with Crippen molar-refractivity contribution in [1.82, 2.24) is 4.57 Å². The molecule has 0 aliphatic carbocycles. The normalized spacial score (nSPS) is 18.1. The second kappa shape index (κ2) is 9.38. The summed E-state index contributed by atoms with van der Waals surface area (Å²) in [5, 5.41) is 3.26. The second-order valence-electron chi connectivity index (χ2n) is 8.65. The van der Waals surface area contributed by atoms with Gasteiger partial charge in [-0.2, -0.15) is 0 Å². The van der Waals surface area contributed by atoms with Crippen LogP contribution in [0.5, 0.6) is 0 Å². The molecular formula is C26H22ClN3O4S2. The van der Waals surface area contributed by atoms with Gasteiger partial charge in [-0.15, -0.1) is 11.8 Å². The minimum atomic E-state index is -0.749. The van der Waals surface area contributed by atoms with Gasteiger partial charge < -0.3 is 10.1 Å². The van der Waals surface area contributed by atoms with Gasteiger partial charge in [-0.05, 0) is 62.9 Å². The first-order chi connectivity index (χ1) is 17.2. The average Bonchev–Trinajstić information content (AvgIpc) is 3.32. The summed E-state index contributed by atoms with van der Waals surface area (Å²) in [4.78, 5) is 46.2. The third kappa shape index (κ3) is 4.11. The van der Waals surface area contributed by atoms with Gasteiger partial charge in [0.1, 0.15) is 4.53 Å². The largest absolute Gasteiger partial charge is 0.459 e. The van der Waals surface area contributed by atoms with Crippen molar-refractivity contribution in [3.63, 3.8) is 0 Å². The maximum atomic E-state index is 13.9. The number of fused-ring (bicyclic) bond motifs is 2. The standard InChI is InChI=1S/C26H22ClN3O4S2/c1-12(2)34-25(33)19-13(3)28-26-30(21(19)14-5-8-16(35-4)9-6-14)24(32)22(36-26)20-17-11-15(27)7-10-18(17)29-23(20)31/h5-12,21H,1-4H3,(H,29,31)/b22-20+/t21-/m1/s1. The Morgan fingerprint density at radius 3 is 2.58 bits per heavy atom. The molecule has 1 aromatic heterocycles. The van der Waals surface area contributed by atoms with Crippen molar-refractivity contribution < 1.29 is 14.3 Å². The van der Waals surface area contributed by atoms with E-state index in [9.17, 15) is 14.4 Å². The number of halogens is 1. The van der Waals surface area contributed by atoms with Crippen LogP contribution in [0.2, 0.25) is 5.02 Å². The number of aromatic nitrogens is 1. The summed E-state index contributed by atoms with van der Waals surface area (Å²) in [5.41, 5.74) is 2.51. The summed E-state index contributed by atoms with van der Waals surface area (Å²) in [6.45, 7) is 5.28. The smallest absolute Gasteiger partial charge is 0.338 e. The molecule has 0 saturated carbocycles. The van der Waals surface area contributed by atoms with Crippen molar-refractivity contribution in [2.24, 2.45) is 4.99 Å². The fourth-order valence-corrected chi connectivity index (χ4v) is 6.10. The van der Waals surface area contributed by atoms with Crippen LogP contribution in [0.4, 0.5) is 5.69 Å². The fourth-order valence-electron chi connectivity index (χ4n) is 4.38.